The molecule has 34 heavy (non-hydrogen) atoms. The number of carbonyl (C=O) groups excluding carboxylic acids is 3. The number of fused-ring (bicyclic) bond motifs is 1. The molecule has 2 aliphatic heterocycles. The Morgan fingerprint density at radius 3 is 2.29 bits per heavy atom. The molecule has 1 saturated heterocycles. The van der Waals surface area contributed by atoms with Gasteiger partial charge in [0, 0.05) is 33.6 Å². The normalized spacial score (nSPS) is 29.8. The first-order chi connectivity index (χ1) is 16.0. The van der Waals surface area contributed by atoms with Crippen molar-refractivity contribution in [3.63, 3.8) is 0 Å². The molecule has 1 aromatic rings. The molecule has 0 N–H and O–H groups in total. The van der Waals surface area contributed by atoms with E-state index in [9.17, 15) is 14.4 Å². The van der Waals surface area contributed by atoms with Crippen LogP contribution in [0.15, 0.2) is 18.2 Å². The van der Waals surface area contributed by atoms with Gasteiger partial charge < -0.3 is 37.9 Å². The van der Waals surface area contributed by atoms with E-state index >= 15 is 0 Å². The molecule has 0 aromatic heterocycles. The Kier molecular flexibility index (Phi) is 7.88. The van der Waals surface area contributed by atoms with Crippen LogP contribution in [0.4, 0.5) is 0 Å². The van der Waals surface area contributed by atoms with Crippen molar-refractivity contribution in [3.8, 4) is 17.2 Å². The van der Waals surface area contributed by atoms with E-state index in [4.69, 9.17) is 37.9 Å². The number of hydrogen-bond donors (Lipinski definition) is 0. The third-order valence-corrected chi connectivity index (χ3v) is 5.24. The largest absolute Gasteiger partial charge is 0.463 e. The predicted octanol–water partition coefficient (Wildman–Crippen LogP) is 2.33. The molecule has 1 aromatic carbocycles. The van der Waals surface area contributed by atoms with Crippen LogP contribution >= 0.6 is 0 Å². The number of ether oxygens (including phenoxy) is 8. The van der Waals surface area contributed by atoms with Gasteiger partial charge in [-0.1, -0.05) is 13.0 Å². The van der Waals surface area contributed by atoms with Crippen LogP contribution < -0.4 is 14.2 Å². The van der Waals surface area contributed by atoms with Crippen molar-refractivity contribution in [2.24, 2.45) is 5.92 Å². The third-order valence-electron chi connectivity index (χ3n) is 5.24. The Morgan fingerprint density at radius 2 is 1.68 bits per heavy atom. The lowest BCUT2D eigenvalue weighted by molar-refractivity contribution is -0.275. The van der Waals surface area contributed by atoms with Gasteiger partial charge >= 0.3 is 23.9 Å². The minimum atomic E-state index is -1.34. The summed E-state index contributed by atoms with van der Waals surface area (Å²) in [5.41, 5.74) is 0. The lowest BCUT2D eigenvalue weighted by Gasteiger charge is -2.43. The average molecular weight is 482 g/mol. The molecule has 1 fully saturated rings. The van der Waals surface area contributed by atoms with E-state index in [0.717, 1.165) is 0 Å². The quantitative estimate of drug-likeness (QED) is 0.400. The van der Waals surface area contributed by atoms with Crippen LogP contribution in [0, 0.1) is 5.92 Å². The minimum absolute atomic E-state index is 0.115. The summed E-state index contributed by atoms with van der Waals surface area (Å²) >= 11 is 0. The van der Waals surface area contributed by atoms with Crippen molar-refractivity contribution >= 4 is 17.9 Å². The first-order valence-corrected chi connectivity index (χ1v) is 11.0. The van der Waals surface area contributed by atoms with Crippen LogP contribution in [0.5, 0.6) is 17.2 Å². The number of para-hydroxylation sites is 1. The zero-order chi connectivity index (χ0) is 25.0. The molecule has 11 nitrogen and oxygen atoms in total. The summed E-state index contributed by atoms with van der Waals surface area (Å²) in [4.78, 5) is 35.1. The molecule has 0 saturated carbocycles. The summed E-state index contributed by atoms with van der Waals surface area (Å²) in [5.74, 6) is -2.65. The Bertz CT molecular complexity index is 916. The van der Waals surface area contributed by atoms with Gasteiger partial charge in [-0.3, -0.25) is 14.4 Å². The van der Waals surface area contributed by atoms with Crippen molar-refractivity contribution in [3.05, 3.63) is 18.2 Å². The highest BCUT2D eigenvalue weighted by molar-refractivity contribution is 5.67. The molecule has 0 amide bonds. The summed E-state index contributed by atoms with van der Waals surface area (Å²) < 4.78 is 45.3. The fraction of sp³-hybridized carbons (Fsp3) is 0.609. The Morgan fingerprint density at radius 1 is 1.00 bits per heavy atom. The molecular weight excluding hydrogens is 452 g/mol. The molecule has 2 aliphatic rings. The molecule has 0 aliphatic carbocycles. The second kappa shape index (κ2) is 10.5. The number of rotatable bonds is 8. The van der Waals surface area contributed by atoms with Gasteiger partial charge in [-0.2, -0.15) is 0 Å². The average Bonchev–Trinajstić information content (AvgIpc) is 3.08. The number of carbonyl (C=O) groups is 3. The van der Waals surface area contributed by atoms with E-state index in [0.29, 0.717) is 12.4 Å². The molecule has 0 spiro atoms. The van der Waals surface area contributed by atoms with E-state index in [1.54, 1.807) is 39.0 Å². The number of benzene rings is 1. The summed E-state index contributed by atoms with van der Waals surface area (Å²) in [6.07, 6.45) is -3.98. The van der Waals surface area contributed by atoms with Crippen molar-refractivity contribution in [2.45, 2.75) is 72.1 Å². The van der Waals surface area contributed by atoms with Crippen LogP contribution in [0.25, 0.3) is 0 Å². The second-order valence-electron chi connectivity index (χ2n) is 8.05. The Hall–Kier alpha value is -3.05. The molecule has 6 atom stereocenters. The fourth-order valence-electron chi connectivity index (χ4n) is 3.83. The highest BCUT2D eigenvalue weighted by atomic mass is 16.9. The number of esters is 3. The van der Waals surface area contributed by atoms with Crippen LogP contribution in [0.3, 0.4) is 0 Å². The maximum atomic E-state index is 11.9. The molecule has 1 unspecified atom stereocenters. The van der Waals surface area contributed by atoms with E-state index in [-0.39, 0.29) is 18.1 Å². The second-order valence-corrected chi connectivity index (χ2v) is 8.05. The van der Waals surface area contributed by atoms with E-state index in [2.05, 4.69) is 0 Å². The van der Waals surface area contributed by atoms with E-state index in [1.807, 2.05) is 0 Å². The summed E-state index contributed by atoms with van der Waals surface area (Å²) in [5, 5.41) is 0. The van der Waals surface area contributed by atoms with Gasteiger partial charge in [0.25, 0.3) is 0 Å². The Balaban J connectivity index is 1.92. The zero-order valence-electron chi connectivity index (χ0n) is 20.0. The van der Waals surface area contributed by atoms with Gasteiger partial charge in [-0.15, -0.1) is 0 Å². The van der Waals surface area contributed by atoms with Gasteiger partial charge in [-0.05, 0) is 19.1 Å². The fourth-order valence-corrected chi connectivity index (χ4v) is 3.83. The summed E-state index contributed by atoms with van der Waals surface area (Å²) in [7, 11) is 0. The predicted molar refractivity (Wildman–Crippen MR) is 114 cm³/mol. The highest BCUT2D eigenvalue weighted by Gasteiger charge is 2.50. The smallest absolute Gasteiger partial charge is 0.369 e. The number of hydrogen-bond acceptors (Lipinski definition) is 11. The molecule has 0 radical (unpaired) electrons. The van der Waals surface area contributed by atoms with Crippen molar-refractivity contribution in [2.75, 3.05) is 13.2 Å². The maximum absolute atomic E-state index is 11.9. The first-order valence-electron chi connectivity index (χ1n) is 11.0. The van der Waals surface area contributed by atoms with Crippen molar-refractivity contribution < 1.29 is 52.3 Å². The highest BCUT2D eigenvalue weighted by Crippen LogP contribution is 2.47. The summed E-state index contributed by atoms with van der Waals surface area (Å²) in [6, 6.07) is 4.99. The molecule has 3 rings (SSSR count). The zero-order valence-corrected chi connectivity index (χ0v) is 20.0. The van der Waals surface area contributed by atoms with Crippen LogP contribution in [0.1, 0.15) is 41.5 Å². The monoisotopic (exact) mass is 482 g/mol. The van der Waals surface area contributed by atoms with E-state index in [1.165, 1.54) is 20.8 Å². The van der Waals surface area contributed by atoms with Gasteiger partial charge in [0.1, 0.15) is 18.8 Å². The van der Waals surface area contributed by atoms with Gasteiger partial charge in [0.15, 0.2) is 11.5 Å². The van der Waals surface area contributed by atoms with Crippen LogP contribution in [-0.2, 0) is 38.1 Å². The maximum Gasteiger partial charge on any atom is 0.369 e. The molecule has 11 heteroatoms. The van der Waals surface area contributed by atoms with Crippen LogP contribution in [-0.4, -0.2) is 61.7 Å². The summed E-state index contributed by atoms with van der Waals surface area (Å²) in [6.45, 7) is 9.13. The standard InChI is InChI=1S/C23H30O11/c1-7-28-23(6)33-17-10-8-9-16(20(17)34-23)31-22-21(30-15(5)26)19(29-14(4)25)12(2)18(32-22)11-27-13(3)24/h8-10,12,18-19,21-22H,7,11H2,1-6H3/t12-,18-,19+,21-,22-,23?/m1/s1. The van der Waals surface area contributed by atoms with Crippen LogP contribution in [0.2, 0.25) is 0 Å². The van der Waals surface area contributed by atoms with Gasteiger partial charge in [-0.25, -0.2) is 0 Å². The molecular formula is C23H30O11. The SMILES string of the molecule is CCOC1(C)Oc2cccc(O[C@@H]3O[C@H](COC(C)=O)[C@@H](C)[C@H](OC(C)=O)[C@H]3OC(C)=O)c2O1. The molecule has 0 bridgehead atoms. The van der Waals surface area contributed by atoms with Crippen molar-refractivity contribution in [1.82, 2.24) is 0 Å². The van der Waals surface area contributed by atoms with Gasteiger partial charge in [0.05, 0.1) is 6.61 Å². The lowest BCUT2D eigenvalue weighted by atomic mass is 9.90. The topological polar surface area (TPSA) is 125 Å². The van der Waals surface area contributed by atoms with Gasteiger partial charge in [0.2, 0.25) is 18.1 Å². The lowest BCUT2D eigenvalue weighted by Crippen LogP contribution is -2.59. The molecule has 2 heterocycles. The first kappa shape index (κ1) is 25.6. The molecule has 188 valence electrons. The third kappa shape index (κ3) is 5.89. The minimum Gasteiger partial charge on any atom is -0.463 e. The van der Waals surface area contributed by atoms with Crippen molar-refractivity contribution in [1.29, 1.82) is 0 Å². The van der Waals surface area contributed by atoms with E-state index < -0.39 is 54.4 Å². The Labute approximate surface area is 197 Å².